The van der Waals surface area contributed by atoms with Crippen LogP contribution in [0.25, 0.3) is 0 Å². The lowest BCUT2D eigenvalue weighted by Gasteiger charge is -2.33. The first-order valence-corrected chi connectivity index (χ1v) is 9.78. The van der Waals surface area contributed by atoms with Crippen LogP contribution < -0.4 is 5.32 Å². The summed E-state index contributed by atoms with van der Waals surface area (Å²) < 4.78 is 5.02. The zero-order chi connectivity index (χ0) is 21.0. The van der Waals surface area contributed by atoms with Crippen LogP contribution in [-0.4, -0.2) is 64.6 Å². The molecule has 29 heavy (non-hydrogen) atoms. The van der Waals surface area contributed by atoms with Crippen molar-refractivity contribution < 1.29 is 14.3 Å². The lowest BCUT2D eigenvalue weighted by Crippen LogP contribution is -2.50. The topological polar surface area (TPSA) is 87.7 Å². The molecule has 0 atom stereocenters. The molecule has 2 amide bonds. The Bertz CT molecular complexity index is 884. The van der Waals surface area contributed by atoms with E-state index in [1.807, 2.05) is 13.8 Å². The van der Waals surface area contributed by atoms with Gasteiger partial charge in [0.1, 0.15) is 5.69 Å². The van der Waals surface area contributed by atoms with Crippen LogP contribution in [-0.2, 0) is 4.74 Å². The van der Waals surface area contributed by atoms with Gasteiger partial charge in [0.25, 0.3) is 5.91 Å². The zero-order valence-corrected chi connectivity index (χ0v) is 17.4. The number of amides is 2. The molecule has 2 heterocycles. The van der Waals surface area contributed by atoms with Gasteiger partial charge < -0.3 is 19.9 Å². The summed E-state index contributed by atoms with van der Waals surface area (Å²) in [5.74, 6) is 0.215. The van der Waals surface area contributed by atoms with Crippen molar-refractivity contribution in [1.29, 1.82) is 0 Å². The molecule has 2 aromatic rings. The molecule has 1 aliphatic rings. The van der Waals surface area contributed by atoms with Gasteiger partial charge in [-0.25, -0.2) is 14.8 Å². The summed E-state index contributed by atoms with van der Waals surface area (Å²) in [4.78, 5) is 36.7. The molecular formula is C21H27N5O3. The summed E-state index contributed by atoms with van der Waals surface area (Å²) in [6.45, 7) is 10.0. The van der Waals surface area contributed by atoms with Gasteiger partial charge in [-0.05, 0) is 44.9 Å². The van der Waals surface area contributed by atoms with E-state index in [-0.39, 0.29) is 12.0 Å². The molecule has 1 fully saturated rings. The van der Waals surface area contributed by atoms with Crippen LogP contribution in [0.1, 0.15) is 34.1 Å². The molecule has 0 unspecified atom stereocenters. The Labute approximate surface area is 170 Å². The Morgan fingerprint density at radius 1 is 1.07 bits per heavy atom. The largest absolute Gasteiger partial charge is 0.450 e. The van der Waals surface area contributed by atoms with E-state index in [2.05, 4.69) is 34.3 Å². The average Bonchev–Trinajstić information content (AvgIpc) is 2.70. The third-order valence-corrected chi connectivity index (χ3v) is 4.88. The molecular weight excluding hydrogens is 370 g/mol. The third kappa shape index (κ3) is 4.82. The standard InChI is InChI=1S/C21H27N5O3/c1-5-29-21(28)26-10-8-25(9-11-26)19(27)17-6-7-22-20(23-17)24-18-15(3)12-14(2)13-16(18)4/h6-7,12-13H,5,8-11H2,1-4H3,(H,22,23,24). The number of carbonyl (C=O) groups is 2. The second-order valence-corrected chi connectivity index (χ2v) is 7.14. The van der Waals surface area contributed by atoms with Gasteiger partial charge >= 0.3 is 6.09 Å². The summed E-state index contributed by atoms with van der Waals surface area (Å²) in [6.07, 6.45) is 1.24. The number of piperazine rings is 1. The van der Waals surface area contributed by atoms with Crippen LogP contribution in [0.5, 0.6) is 0 Å². The Balaban J connectivity index is 1.69. The summed E-state index contributed by atoms with van der Waals surface area (Å²) in [6, 6.07) is 5.79. The minimum Gasteiger partial charge on any atom is -0.450 e. The van der Waals surface area contributed by atoms with Gasteiger partial charge in [0.15, 0.2) is 0 Å². The van der Waals surface area contributed by atoms with Crippen LogP contribution in [0.2, 0.25) is 0 Å². The highest BCUT2D eigenvalue weighted by Gasteiger charge is 2.26. The number of aryl methyl sites for hydroxylation is 3. The van der Waals surface area contributed by atoms with Crippen molar-refractivity contribution in [3.05, 3.63) is 46.8 Å². The van der Waals surface area contributed by atoms with Gasteiger partial charge in [0.05, 0.1) is 6.61 Å². The molecule has 0 aliphatic carbocycles. The molecule has 154 valence electrons. The number of hydrogen-bond acceptors (Lipinski definition) is 6. The predicted molar refractivity (Wildman–Crippen MR) is 110 cm³/mol. The summed E-state index contributed by atoms with van der Waals surface area (Å²) in [5, 5.41) is 3.24. The van der Waals surface area contributed by atoms with Crippen molar-refractivity contribution in [2.45, 2.75) is 27.7 Å². The summed E-state index contributed by atoms with van der Waals surface area (Å²) in [5.41, 5.74) is 4.66. The number of rotatable bonds is 4. The minimum absolute atomic E-state index is 0.170. The fraction of sp³-hybridized carbons (Fsp3) is 0.429. The highest BCUT2D eigenvalue weighted by atomic mass is 16.6. The molecule has 1 aromatic carbocycles. The number of hydrogen-bond donors (Lipinski definition) is 1. The predicted octanol–water partition coefficient (Wildman–Crippen LogP) is 3.06. The van der Waals surface area contributed by atoms with Gasteiger partial charge in [-0.3, -0.25) is 4.79 Å². The molecule has 0 saturated carbocycles. The first-order chi connectivity index (χ1) is 13.9. The smallest absolute Gasteiger partial charge is 0.409 e. The maximum atomic E-state index is 12.9. The van der Waals surface area contributed by atoms with Crippen molar-refractivity contribution in [2.75, 3.05) is 38.1 Å². The van der Waals surface area contributed by atoms with E-state index in [0.29, 0.717) is 44.4 Å². The lowest BCUT2D eigenvalue weighted by molar-refractivity contribution is 0.0566. The molecule has 0 bridgehead atoms. The Hall–Kier alpha value is -3.16. The molecule has 1 aliphatic heterocycles. The van der Waals surface area contributed by atoms with Crippen LogP contribution >= 0.6 is 0 Å². The third-order valence-electron chi connectivity index (χ3n) is 4.88. The van der Waals surface area contributed by atoms with E-state index in [9.17, 15) is 9.59 Å². The molecule has 1 aromatic heterocycles. The molecule has 1 saturated heterocycles. The van der Waals surface area contributed by atoms with Crippen molar-refractivity contribution in [3.8, 4) is 0 Å². The molecule has 1 N–H and O–H groups in total. The maximum Gasteiger partial charge on any atom is 0.409 e. The molecule has 3 rings (SSSR count). The van der Waals surface area contributed by atoms with Gasteiger partial charge in [0.2, 0.25) is 5.95 Å². The Morgan fingerprint density at radius 2 is 1.69 bits per heavy atom. The number of ether oxygens (including phenoxy) is 1. The second kappa shape index (κ2) is 8.89. The number of nitrogens with zero attached hydrogens (tertiary/aromatic N) is 4. The highest BCUT2D eigenvalue weighted by molar-refractivity contribution is 5.92. The molecule has 8 heteroatoms. The van der Waals surface area contributed by atoms with E-state index < -0.39 is 0 Å². The Kier molecular flexibility index (Phi) is 6.31. The van der Waals surface area contributed by atoms with Gasteiger partial charge in [-0.2, -0.15) is 0 Å². The second-order valence-electron chi connectivity index (χ2n) is 7.14. The fourth-order valence-electron chi connectivity index (χ4n) is 3.50. The van der Waals surface area contributed by atoms with E-state index in [1.165, 1.54) is 5.56 Å². The first-order valence-electron chi connectivity index (χ1n) is 9.78. The van der Waals surface area contributed by atoms with Crippen LogP contribution in [0.3, 0.4) is 0 Å². The maximum absolute atomic E-state index is 12.9. The van der Waals surface area contributed by atoms with Crippen LogP contribution in [0, 0.1) is 20.8 Å². The number of aromatic nitrogens is 2. The number of benzene rings is 1. The normalized spacial score (nSPS) is 13.9. The zero-order valence-electron chi connectivity index (χ0n) is 17.4. The first kappa shape index (κ1) is 20.6. The van der Waals surface area contributed by atoms with Crippen molar-refractivity contribution in [3.63, 3.8) is 0 Å². The van der Waals surface area contributed by atoms with Crippen molar-refractivity contribution in [1.82, 2.24) is 19.8 Å². The Morgan fingerprint density at radius 3 is 2.31 bits per heavy atom. The van der Waals surface area contributed by atoms with E-state index in [0.717, 1.165) is 16.8 Å². The minimum atomic E-state index is -0.336. The molecule has 8 nitrogen and oxygen atoms in total. The number of carbonyl (C=O) groups excluding carboxylic acids is 2. The molecule has 0 radical (unpaired) electrons. The number of anilines is 2. The van der Waals surface area contributed by atoms with Gasteiger partial charge in [-0.1, -0.05) is 17.7 Å². The number of nitrogens with one attached hydrogen (secondary N) is 1. The summed E-state index contributed by atoms with van der Waals surface area (Å²) in [7, 11) is 0. The van der Waals surface area contributed by atoms with Crippen molar-refractivity contribution >= 4 is 23.6 Å². The van der Waals surface area contributed by atoms with Crippen LogP contribution in [0.15, 0.2) is 24.4 Å². The molecule has 0 spiro atoms. The van der Waals surface area contributed by atoms with E-state index >= 15 is 0 Å². The summed E-state index contributed by atoms with van der Waals surface area (Å²) >= 11 is 0. The van der Waals surface area contributed by atoms with Gasteiger partial charge in [-0.15, -0.1) is 0 Å². The quantitative estimate of drug-likeness (QED) is 0.853. The lowest BCUT2D eigenvalue weighted by atomic mass is 10.1. The monoisotopic (exact) mass is 397 g/mol. The fourth-order valence-corrected chi connectivity index (χ4v) is 3.50. The SMILES string of the molecule is CCOC(=O)N1CCN(C(=O)c2ccnc(Nc3c(C)cc(C)cc3C)n2)CC1. The van der Waals surface area contributed by atoms with Crippen molar-refractivity contribution in [2.24, 2.45) is 0 Å². The van der Waals surface area contributed by atoms with E-state index in [4.69, 9.17) is 4.74 Å². The van der Waals surface area contributed by atoms with Gasteiger partial charge in [0, 0.05) is 38.1 Å². The average molecular weight is 397 g/mol. The van der Waals surface area contributed by atoms with Crippen LogP contribution in [0.4, 0.5) is 16.4 Å². The highest BCUT2D eigenvalue weighted by Crippen LogP contribution is 2.24. The van der Waals surface area contributed by atoms with E-state index in [1.54, 1.807) is 29.0 Å².